The zero-order chi connectivity index (χ0) is 13.7. The minimum atomic E-state index is 0.582. The standard InChI is InChI=1S/C17H28N2/c1-4-11-18-13-16-6-5-12-19(3)17(16)15-9-7-14(2)8-10-15/h7-10,16-18H,4-6,11-13H2,1-3H3. The molecule has 2 atom stereocenters. The molecule has 0 aliphatic carbocycles. The molecule has 0 aromatic heterocycles. The molecule has 1 aromatic rings. The van der Waals surface area contributed by atoms with E-state index in [1.807, 2.05) is 0 Å². The predicted molar refractivity (Wildman–Crippen MR) is 82.4 cm³/mol. The lowest BCUT2D eigenvalue weighted by atomic mass is 9.84. The van der Waals surface area contributed by atoms with Crippen LogP contribution in [0, 0.1) is 12.8 Å². The molecule has 1 aliphatic rings. The Balaban J connectivity index is 2.09. The van der Waals surface area contributed by atoms with Crippen LogP contribution in [0.25, 0.3) is 0 Å². The van der Waals surface area contributed by atoms with Gasteiger partial charge in [-0.25, -0.2) is 0 Å². The SMILES string of the molecule is CCCNCC1CCCN(C)C1c1ccc(C)cc1. The number of hydrogen-bond donors (Lipinski definition) is 1. The molecule has 2 heteroatoms. The van der Waals surface area contributed by atoms with E-state index in [0.29, 0.717) is 6.04 Å². The number of nitrogens with one attached hydrogen (secondary N) is 1. The molecule has 1 saturated heterocycles. The Morgan fingerprint density at radius 1 is 1.26 bits per heavy atom. The maximum absolute atomic E-state index is 3.61. The van der Waals surface area contributed by atoms with Gasteiger partial charge in [0.15, 0.2) is 0 Å². The van der Waals surface area contributed by atoms with Gasteiger partial charge in [0.25, 0.3) is 0 Å². The molecule has 1 aromatic carbocycles. The van der Waals surface area contributed by atoms with E-state index < -0.39 is 0 Å². The van der Waals surface area contributed by atoms with Gasteiger partial charge >= 0.3 is 0 Å². The summed E-state index contributed by atoms with van der Waals surface area (Å²) in [6.45, 7) is 7.91. The van der Waals surface area contributed by atoms with E-state index in [0.717, 1.165) is 19.0 Å². The van der Waals surface area contributed by atoms with Crippen molar-refractivity contribution in [3.05, 3.63) is 35.4 Å². The number of hydrogen-bond acceptors (Lipinski definition) is 2. The van der Waals surface area contributed by atoms with Crippen LogP contribution in [0.1, 0.15) is 43.4 Å². The maximum atomic E-state index is 3.61. The van der Waals surface area contributed by atoms with Crippen molar-refractivity contribution in [2.24, 2.45) is 5.92 Å². The monoisotopic (exact) mass is 260 g/mol. The molecule has 0 saturated carbocycles. The van der Waals surface area contributed by atoms with Crippen LogP contribution in [-0.4, -0.2) is 31.6 Å². The van der Waals surface area contributed by atoms with Crippen molar-refractivity contribution in [2.45, 2.75) is 39.2 Å². The molecule has 0 amide bonds. The highest BCUT2D eigenvalue weighted by molar-refractivity contribution is 5.25. The van der Waals surface area contributed by atoms with Gasteiger partial charge in [0.2, 0.25) is 0 Å². The lowest BCUT2D eigenvalue weighted by molar-refractivity contribution is 0.119. The summed E-state index contributed by atoms with van der Waals surface area (Å²) in [5.74, 6) is 0.744. The van der Waals surface area contributed by atoms with Crippen molar-refractivity contribution in [1.82, 2.24) is 10.2 Å². The van der Waals surface area contributed by atoms with Gasteiger partial charge in [0.05, 0.1) is 0 Å². The van der Waals surface area contributed by atoms with Crippen molar-refractivity contribution >= 4 is 0 Å². The van der Waals surface area contributed by atoms with E-state index in [1.54, 1.807) is 0 Å². The third-order valence-corrected chi connectivity index (χ3v) is 4.26. The average molecular weight is 260 g/mol. The number of rotatable bonds is 5. The largest absolute Gasteiger partial charge is 0.316 e. The fourth-order valence-electron chi connectivity index (χ4n) is 3.23. The molecular formula is C17H28N2. The third-order valence-electron chi connectivity index (χ3n) is 4.26. The number of piperidine rings is 1. The Morgan fingerprint density at radius 2 is 2.00 bits per heavy atom. The van der Waals surface area contributed by atoms with Gasteiger partial charge in [-0.15, -0.1) is 0 Å². The second-order valence-corrected chi connectivity index (χ2v) is 5.94. The molecule has 2 unspecified atom stereocenters. The Hall–Kier alpha value is -0.860. The number of benzene rings is 1. The topological polar surface area (TPSA) is 15.3 Å². The summed E-state index contributed by atoms with van der Waals surface area (Å²) in [6, 6.07) is 9.70. The fourth-order valence-corrected chi connectivity index (χ4v) is 3.23. The van der Waals surface area contributed by atoms with Crippen molar-refractivity contribution in [1.29, 1.82) is 0 Å². The molecule has 1 aliphatic heterocycles. The summed E-state index contributed by atoms with van der Waals surface area (Å²) >= 11 is 0. The normalized spacial score (nSPS) is 24.6. The van der Waals surface area contributed by atoms with Gasteiger partial charge in [-0.2, -0.15) is 0 Å². The second-order valence-electron chi connectivity index (χ2n) is 5.94. The molecular weight excluding hydrogens is 232 g/mol. The first kappa shape index (κ1) is 14.5. The van der Waals surface area contributed by atoms with Crippen LogP contribution in [0.3, 0.4) is 0 Å². The van der Waals surface area contributed by atoms with Gasteiger partial charge in [-0.05, 0) is 64.3 Å². The minimum absolute atomic E-state index is 0.582. The molecule has 1 fully saturated rings. The number of aryl methyl sites for hydroxylation is 1. The predicted octanol–water partition coefficient (Wildman–Crippen LogP) is 3.38. The van der Waals surface area contributed by atoms with E-state index in [9.17, 15) is 0 Å². The highest BCUT2D eigenvalue weighted by Gasteiger charge is 2.29. The summed E-state index contributed by atoms with van der Waals surface area (Å²) in [4.78, 5) is 2.53. The highest BCUT2D eigenvalue weighted by Crippen LogP contribution is 2.34. The maximum Gasteiger partial charge on any atom is 0.0385 e. The van der Waals surface area contributed by atoms with E-state index in [1.165, 1.54) is 36.9 Å². The molecule has 19 heavy (non-hydrogen) atoms. The Morgan fingerprint density at radius 3 is 2.68 bits per heavy atom. The number of likely N-dealkylation sites (tertiary alicyclic amines) is 1. The minimum Gasteiger partial charge on any atom is -0.316 e. The summed E-state index contributed by atoms with van der Waals surface area (Å²) in [5.41, 5.74) is 2.83. The van der Waals surface area contributed by atoms with Crippen LogP contribution in [0.5, 0.6) is 0 Å². The summed E-state index contributed by atoms with van der Waals surface area (Å²) < 4.78 is 0. The van der Waals surface area contributed by atoms with E-state index in [-0.39, 0.29) is 0 Å². The van der Waals surface area contributed by atoms with Crippen LogP contribution >= 0.6 is 0 Å². The van der Waals surface area contributed by atoms with Crippen molar-refractivity contribution < 1.29 is 0 Å². The van der Waals surface area contributed by atoms with Crippen LogP contribution in [0.15, 0.2) is 24.3 Å². The van der Waals surface area contributed by atoms with Gasteiger partial charge in [0.1, 0.15) is 0 Å². The molecule has 0 radical (unpaired) electrons. The van der Waals surface area contributed by atoms with Crippen LogP contribution in [-0.2, 0) is 0 Å². The van der Waals surface area contributed by atoms with Gasteiger partial charge in [-0.3, -0.25) is 4.90 Å². The molecule has 1 heterocycles. The van der Waals surface area contributed by atoms with Gasteiger partial charge < -0.3 is 5.32 Å². The Bertz CT molecular complexity index is 371. The smallest absolute Gasteiger partial charge is 0.0385 e. The third kappa shape index (κ3) is 3.80. The molecule has 106 valence electrons. The molecule has 2 rings (SSSR count). The summed E-state index contributed by atoms with van der Waals surface area (Å²) in [5, 5.41) is 3.61. The van der Waals surface area contributed by atoms with E-state index in [2.05, 4.69) is 55.4 Å². The average Bonchev–Trinajstić information content (AvgIpc) is 2.41. The zero-order valence-electron chi connectivity index (χ0n) is 12.7. The Labute approximate surface area is 118 Å². The highest BCUT2D eigenvalue weighted by atomic mass is 15.1. The van der Waals surface area contributed by atoms with Gasteiger partial charge in [-0.1, -0.05) is 36.8 Å². The van der Waals surface area contributed by atoms with E-state index in [4.69, 9.17) is 0 Å². The van der Waals surface area contributed by atoms with Crippen LogP contribution < -0.4 is 5.32 Å². The summed E-state index contributed by atoms with van der Waals surface area (Å²) in [6.07, 6.45) is 3.90. The summed E-state index contributed by atoms with van der Waals surface area (Å²) in [7, 11) is 2.27. The zero-order valence-corrected chi connectivity index (χ0v) is 12.7. The molecule has 0 bridgehead atoms. The number of nitrogens with zero attached hydrogens (tertiary/aromatic N) is 1. The Kier molecular flexibility index (Phi) is 5.41. The van der Waals surface area contributed by atoms with Crippen LogP contribution in [0.2, 0.25) is 0 Å². The van der Waals surface area contributed by atoms with Crippen molar-refractivity contribution in [3.63, 3.8) is 0 Å². The first-order valence-electron chi connectivity index (χ1n) is 7.70. The van der Waals surface area contributed by atoms with Gasteiger partial charge in [0, 0.05) is 6.04 Å². The lowest BCUT2D eigenvalue weighted by Crippen LogP contribution is -2.40. The second kappa shape index (κ2) is 7.06. The fraction of sp³-hybridized carbons (Fsp3) is 0.647. The molecule has 0 spiro atoms. The van der Waals surface area contributed by atoms with E-state index >= 15 is 0 Å². The lowest BCUT2D eigenvalue weighted by Gasteiger charge is -2.40. The quantitative estimate of drug-likeness (QED) is 0.817. The first-order valence-corrected chi connectivity index (χ1v) is 7.70. The van der Waals surface area contributed by atoms with Crippen molar-refractivity contribution in [2.75, 3.05) is 26.7 Å². The molecule has 1 N–H and O–H groups in total. The van der Waals surface area contributed by atoms with Crippen LogP contribution in [0.4, 0.5) is 0 Å². The van der Waals surface area contributed by atoms with Crippen molar-refractivity contribution in [3.8, 4) is 0 Å². The first-order chi connectivity index (χ1) is 9.22. The molecule has 2 nitrogen and oxygen atoms in total.